The van der Waals surface area contributed by atoms with Gasteiger partial charge in [-0.2, -0.15) is 4.99 Å². The number of nitrogens with two attached hydrogens (primary N) is 2. The summed E-state index contributed by atoms with van der Waals surface area (Å²) < 4.78 is 0. The van der Waals surface area contributed by atoms with Gasteiger partial charge in [-0.1, -0.05) is 86.1 Å². The molecule has 0 saturated heterocycles. The Kier molecular flexibility index (Phi) is 4.73. The molecule has 1 aliphatic rings. The molecule has 3 atom stereocenters. The Balaban J connectivity index is 2.09. The molecule has 0 aromatic heterocycles. The minimum absolute atomic E-state index is 0.00536. The van der Waals surface area contributed by atoms with E-state index in [4.69, 9.17) is 23.1 Å². The topological polar surface area (TPSA) is 76.4 Å². The van der Waals surface area contributed by atoms with Crippen molar-refractivity contribution in [3.8, 4) is 0 Å². The van der Waals surface area contributed by atoms with Gasteiger partial charge in [0.25, 0.3) is 0 Å². The van der Waals surface area contributed by atoms with Crippen LogP contribution in [0.25, 0.3) is 0 Å². The lowest BCUT2D eigenvalue weighted by Gasteiger charge is -2.42. The van der Waals surface area contributed by atoms with Gasteiger partial charge in [0.1, 0.15) is 10.8 Å². The number of aliphatic imine (C=N–C) groups is 1. The third-order valence-corrected chi connectivity index (χ3v) is 5.47. The number of halogens is 1. The molecular formula is C20H23ClN4. The fraction of sp³-hybridized carbons (Fsp3) is 0.250. The third-order valence-electron chi connectivity index (χ3n) is 4.85. The summed E-state index contributed by atoms with van der Waals surface area (Å²) >= 11 is 7.15. The summed E-state index contributed by atoms with van der Waals surface area (Å²) in [5.41, 5.74) is 15.3. The van der Waals surface area contributed by atoms with Crippen molar-refractivity contribution in [3.05, 3.63) is 83.2 Å². The fourth-order valence-corrected chi connectivity index (χ4v) is 3.90. The van der Waals surface area contributed by atoms with E-state index in [2.05, 4.69) is 48.4 Å². The van der Waals surface area contributed by atoms with Gasteiger partial charge < -0.3 is 16.8 Å². The molecular weight excluding hydrogens is 332 g/mol. The minimum Gasteiger partial charge on any atom is -0.383 e. The maximum Gasteiger partial charge on any atom is 0.196 e. The van der Waals surface area contributed by atoms with E-state index in [1.807, 2.05) is 36.4 Å². The smallest absolute Gasteiger partial charge is 0.196 e. The highest BCUT2D eigenvalue weighted by Crippen LogP contribution is 2.45. The molecule has 0 spiro atoms. The predicted octanol–water partition coefficient (Wildman–Crippen LogP) is 3.62. The van der Waals surface area contributed by atoms with E-state index in [1.54, 1.807) is 0 Å². The van der Waals surface area contributed by atoms with Crippen molar-refractivity contribution in [2.75, 3.05) is 0 Å². The average molecular weight is 355 g/mol. The number of benzene rings is 2. The van der Waals surface area contributed by atoms with E-state index in [0.717, 1.165) is 16.7 Å². The zero-order valence-electron chi connectivity index (χ0n) is 14.4. The third kappa shape index (κ3) is 3.22. The fourth-order valence-electron chi connectivity index (χ4n) is 3.42. The van der Waals surface area contributed by atoms with Crippen molar-refractivity contribution >= 4 is 17.6 Å². The maximum atomic E-state index is 7.15. The van der Waals surface area contributed by atoms with Gasteiger partial charge >= 0.3 is 0 Å². The monoisotopic (exact) mass is 354 g/mol. The SMILES string of the molecule is CC(C1=C(N)N=C(N)NC1(Cl)C(C)c1ccccc1)c1ccccc1. The molecule has 25 heavy (non-hydrogen) atoms. The molecule has 3 rings (SSSR count). The zero-order chi connectivity index (χ0) is 18.0. The van der Waals surface area contributed by atoms with Crippen molar-refractivity contribution in [2.45, 2.75) is 30.7 Å². The summed E-state index contributed by atoms with van der Waals surface area (Å²) in [6.45, 7) is 4.16. The van der Waals surface area contributed by atoms with Gasteiger partial charge in [-0.05, 0) is 11.1 Å². The van der Waals surface area contributed by atoms with Crippen LogP contribution < -0.4 is 16.8 Å². The molecule has 5 heteroatoms. The standard InChI is InChI=1S/C20H23ClN4/c1-13(15-9-5-3-6-10-15)17-18(22)24-19(23)25-20(17,21)14(2)16-11-7-4-8-12-16/h3-14H,22H2,1-2H3,(H3,23,24,25). The van der Waals surface area contributed by atoms with Gasteiger partial charge in [-0.25, -0.2) is 0 Å². The van der Waals surface area contributed by atoms with Gasteiger partial charge in [0.05, 0.1) is 0 Å². The van der Waals surface area contributed by atoms with Crippen LogP contribution in [0, 0.1) is 0 Å². The maximum absolute atomic E-state index is 7.15. The van der Waals surface area contributed by atoms with Crippen LogP contribution >= 0.6 is 11.6 Å². The van der Waals surface area contributed by atoms with Crippen molar-refractivity contribution in [2.24, 2.45) is 16.5 Å². The molecule has 3 unspecified atom stereocenters. The Morgan fingerprint density at radius 1 is 0.920 bits per heavy atom. The molecule has 1 aliphatic heterocycles. The van der Waals surface area contributed by atoms with Crippen LogP contribution in [-0.2, 0) is 0 Å². The minimum atomic E-state index is -0.952. The number of alkyl halides is 1. The summed E-state index contributed by atoms with van der Waals surface area (Å²) in [4.78, 5) is 3.29. The second-order valence-corrected chi connectivity index (χ2v) is 6.99. The van der Waals surface area contributed by atoms with Crippen LogP contribution in [0.2, 0.25) is 0 Å². The molecule has 0 saturated carbocycles. The first-order chi connectivity index (χ1) is 11.9. The van der Waals surface area contributed by atoms with E-state index in [-0.39, 0.29) is 17.8 Å². The quantitative estimate of drug-likeness (QED) is 0.579. The van der Waals surface area contributed by atoms with Gasteiger partial charge in [0.2, 0.25) is 0 Å². The molecule has 0 radical (unpaired) electrons. The molecule has 1 heterocycles. The first-order valence-electron chi connectivity index (χ1n) is 8.34. The Labute approximate surface area is 153 Å². The van der Waals surface area contributed by atoms with Crippen LogP contribution in [0.1, 0.15) is 36.8 Å². The van der Waals surface area contributed by atoms with E-state index in [1.165, 1.54) is 0 Å². The van der Waals surface area contributed by atoms with Gasteiger partial charge in [-0.15, -0.1) is 0 Å². The average Bonchev–Trinajstić information content (AvgIpc) is 2.61. The van der Waals surface area contributed by atoms with Crippen LogP contribution in [-0.4, -0.2) is 11.0 Å². The first-order valence-corrected chi connectivity index (χ1v) is 8.72. The lowest BCUT2D eigenvalue weighted by Crippen LogP contribution is -2.55. The highest BCUT2D eigenvalue weighted by Gasteiger charge is 2.45. The molecule has 130 valence electrons. The molecule has 0 bridgehead atoms. The van der Waals surface area contributed by atoms with Crippen molar-refractivity contribution in [1.82, 2.24) is 5.32 Å². The summed E-state index contributed by atoms with van der Waals surface area (Å²) in [7, 11) is 0. The number of nitrogens with one attached hydrogen (secondary N) is 1. The summed E-state index contributed by atoms with van der Waals surface area (Å²) in [6.07, 6.45) is 0. The number of guanidine groups is 1. The first kappa shape index (κ1) is 17.4. The Morgan fingerprint density at radius 3 is 2.00 bits per heavy atom. The lowest BCUT2D eigenvalue weighted by atomic mass is 9.79. The Morgan fingerprint density at radius 2 is 1.44 bits per heavy atom. The van der Waals surface area contributed by atoms with E-state index >= 15 is 0 Å². The molecule has 0 fully saturated rings. The van der Waals surface area contributed by atoms with Crippen LogP contribution in [0.3, 0.4) is 0 Å². The van der Waals surface area contributed by atoms with Crippen LogP contribution in [0.15, 0.2) is 77.1 Å². The van der Waals surface area contributed by atoms with E-state index < -0.39 is 5.00 Å². The molecule has 4 nitrogen and oxygen atoms in total. The molecule has 0 aliphatic carbocycles. The number of hydrogen-bond acceptors (Lipinski definition) is 4. The molecule has 2 aromatic carbocycles. The highest BCUT2D eigenvalue weighted by molar-refractivity contribution is 6.27. The lowest BCUT2D eigenvalue weighted by molar-refractivity contribution is 0.479. The second kappa shape index (κ2) is 6.81. The van der Waals surface area contributed by atoms with Gasteiger partial charge in [-0.3, -0.25) is 0 Å². The molecule has 0 amide bonds. The number of hydrogen-bond donors (Lipinski definition) is 3. The predicted molar refractivity (Wildman–Crippen MR) is 104 cm³/mol. The van der Waals surface area contributed by atoms with Crippen molar-refractivity contribution < 1.29 is 0 Å². The molecule has 5 N–H and O–H groups in total. The zero-order valence-corrected chi connectivity index (χ0v) is 15.2. The number of nitrogens with zero attached hydrogens (tertiary/aromatic N) is 1. The molecule has 2 aromatic rings. The van der Waals surface area contributed by atoms with Gasteiger partial charge in [0.15, 0.2) is 5.96 Å². The second-order valence-electron chi connectivity index (χ2n) is 6.40. The van der Waals surface area contributed by atoms with Crippen molar-refractivity contribution in [3.63, 3.8) is 0 Å². The summed E-state index contributed by atoms with van der Waals surface area (Å²) in [6, 6.07) is 20.2. The van der Waals surface area contributed by atoms with Crippen molar-refractivity contribution in [1.29, 1.82) is 0 Å². The number of rotatable bonds is 4. The highest BCUT2D eigenvalue weighted by atomic mass is 35.5. The Bertz CT molecular complexity index is 801. The van der Waals surface area contributed by atoms with E-state index in [0.29, 0.717) is 5.82 Å². The van der Waals surface area contributed by atoms with Gasteiger partial charge in [0, 0.05) is 17.4 Å². The van der Waals surface area contributed by atoms with Crippen LogP contribution in [0.5, 0.6) is 0 Å². The largest absolute Gasteiger partial charge is 0.383 e. The summed E-state index contributed by atoms with van der Waals surface area (Å²) in [5, 5.41) is 3.18. The van der Waals surface area contributed by atoms with E-state index in [9.17, 15) is 0 Å². The van der Waals surface area contributed by atoms with Crippen LogP contribution in [0.4, 0.5) is 0 Å². The Hall–Kier alpha value is -2.46. The normalized spacial score (nSPS) is 22.8. The summed E-state index contributed by atoms with van der Waals surface area (Å²) in [5.74, 6) is 0.544.